The predicted molar refractivity (Wildman–Crippen MR) is 94.6 cm³/mol. The van der Waals surface area contributed by atoms with Gasteiger partial charge in [-0.15, -0.1) is 0 Å². The first-order chi connectivity index (χ1) is 10.4. The largest absolute Gasteiger partial charge is 0.398 e. The maximum Gasteiger partial charge on any atom is 0.0850 e. The van der Waals surface area contributed by atoms with Crippen LogP contribution in [0.2, 0.25) is 0 Å². The molecule has 3 nitrogen and oxygen atoms in total. The fraction of sp³-hybridized carbons (Fsp3) is 0.333. The van der Waals surface area contributed by atoms with Crippen LogP contribution in [0.15, 0.2) is 34.1 Å². The van der Waals surface area contributed by atoms with E-state index in [1.165, 1.54) is 0 Å². The lowest BCUT2D eigenvalue weighted by atomic mass is 10.1. The minimum absolute atomic E-state index is 0.797. The summed E-state index contributed by atoms with van der Waals surface area (Å²) in [5, 5.41) is 0. The van der Waals surface area contributed by atoms with Gasteiger partial charge in [0.25, 0.3) is 0 Å². The molecular weight excluding hydrogens is 292 g/mol. The van der Waals surface area contributed by atoms with Gasteiger partial charge in [0.1, 0.15) is 0 Å². The van der Waals surface area contributed by atoms with Crippen molar-refractivity contribution in [1.82, 2.24) is 0 Å². The van der Waals surface area contributed by atoms with Crippen molar-refractivity contribution >= 4 is 22.2 Å². The van der Waals surface area contributed by atoms with Crippen LogP contribution >= 0.6 is 0 Å². The van der Waals surface area contributed by atoms with E-state index in [1.807, 2.05) is 38.1 Å². The summed E-state index contributed by atoms with van der Waals surface area (Å²) in [6, 6.07) is 7.75. The molecule has 2 rings (SSSR count). The van der Waals surface area contributed by atoms with E-state index in [1.54, 1.807) is 0 Å². The normalized spacial score (nSPS) is 11.1. The van der Waals surface area contributed by atoms with E-state index in [2.05, 4.69) is 13.8 Å². The third-order valence-electron chi connectivity index (χ3n) is 4.08. The van der Waals surface area contributed by atoms with Crippen molar-refractivity contribution in [2.24, 2.45) is 0 Å². The Kier molecular flexibility index (Phi) is 4.91. The summed E-state index contributed by atoms with van der Waals surface area (Å²) in [4.78, 5) is 1.60. The van der Waals surface area contributed by atoms with E-state index >= 15 is 0 Å². The zero-order chi connectivity index (χ0) is 16.4. The maximum absolute atomic E-state index is 12.9. The van der Waals surface area contributed by atoms with E-state index in [-0.39, 0.29) is 0 Å². The van der Waals surface area contributed by atoms with Crippen LogP contribution in [0, 0.1) is 13.8 Å². The minimum atomic E-state index is -1.22. The molecule has 0 saturated heterocycles. The first-order valence-electron chi connectivity index (χ1n) is 7.58. The molecule has 22 heavy (non-hydrogen) atoms. The van der Waals surface area contributed by atoms with Crippen LogP contribution in [0.3, 0.4) is 0 Å². The summed E-state index contributed by atoms with van der Waals surface area (Å²) in [7, 11) is -1.22. The standard InChI is InChI=1S/C18H24N2OS/c1-5-13-9-15(7-11(3)17(13)19)22(21)16-8-12(4)18(20)14(6-2)10-16/h7-10H,5-6,19-20H2,1-4H3. The quantitative estimate of drug-likeness (QED) is 0.844. The minimum Gasteiger partial charge on any atom is -0.398 e. The maximum atomic E-state index is 12.9. The summed E-state index contributed by atoms with van der Waals surface area (Å²) < 4.78 is 12.9. The third-order valence-corrected chi connectivity index (χ3v) is 5.41. The molecule has 0 spiro atoms. The van der Waals surface area contributed by atoms with Gasteiger partial charge in [-0.1, -0.05) is 13.8 Å². The van der Waals surface area contributed by atoms with Crippen molar-refractivity contribution in [3.63, 3.8) is 0 Å². The molecule has 0 unspecified atom stereocenters. The highest BCUT2D eigenvalue weighted by Gasteiger charge is 2.14. The first kappa shape index (κ1) is 16.6. The fourth-order valence-corrected chi connectivity index (χ4v) is 3.94. The zero-order valence-corrected chi connectivity index (χ0v) is 14.5. The number of anilines is 2. The van der Waals surface area contributed by atoms with Crippen LogP contribution in [0.1, 0.15) is 36.1 Å². The fourth-order valence-electron chi connectivity index (χ4n) is 2.61. The molecule has 4 N–H and O–H groups in total. The SMILES string of the molecule is CCc1cc(S(=O)c2cc(C)c(N)c(CC)c2)cc(C)c1N. The first-order valence-corrected chi connectivity index (χ1v) is 8.73. The Bertz CT molecular complexity index is 677. The number of hydrogen-bond donors (Lipinski definition) is 2. The van der Waals surface area contributed by atoms with Gasteiger partial charge in [0, 0.05) is 21.2 Å². The molecule has 4 heteroatoms. The van der Waals surface area contributed by atoms with Crippen molar-refractivity contribution in [2.45, 2.75) is 50.3 Å². The van der Waals surface area contributed by atoms with Gasteiger partial charge in [-0.05, 0) is 73.2 Å². The van der Waals surface area contributed by atoms with Gasteiger partial charge in [0.15, 0.2) is 0 Å². The molecule has 0 atom stereocenters. The second-order valence-corrected chi connectivity index (χ2v) is 7.08. The summed E-state index contributed by atoms with van der Waals surface area (Å²) in [5.41, 5.74) is 17.8. The molecule has 0 aliphatic carbocycles. The molecule has 0 radical (unpaired) electrons. The Labute approximate surface area is 135 Å². The Morgan fingerprint density at radius 2 is 1.18 bits per heavy atom. The molecule has 2 aromatic rings. The second kappa shape index (κ2) is 6.53. The zero-order valence-electron chi connectivity index (χ0n) is 13.7. The molecule has 0 saturated carbocycles. The van der Waals surface area contributed by atoms with Crippen molar-refractivity contribution < 1.29 is 4.21 Å². The van der Waals surface area contributed by atoms with Gasteiger partial charge in [0.2, 0.25) is 0 Å². The molecular formula is C18H24N2OS. The van der Waals surface area contributed by atoms with Gasteiger partial charge < -0.3 is 11.5 Å². The summed E-state index contributed by atoms with van der Waals surface area (Å²) in [6.45, 7) is 8.03. The highest BCUT2D eigenvalue weighted by molar-refractivity contribution is 7.85. The van der Waals surface area contributed by atoms with Crippen LogP contribution in [-0.4, -0.2) is 4.21 Å². The second-order valence-electron chi connectivity index (χ2n) is 5.60. The molecule has 0 bridgehead atoms. The smallest absolute Gasteiger partial charge is 0.0850 e. The highest BCUT2D eigenvalue weighted by Crippen LogP contribution is 2.28. The predicted octanol–water partition coefficient (Wildman–Crippen LogP) is 3.76. The lowest BCUT2D eigenvalue weighted by molar-refractivity contribution is 0.682. The summed E-state index contributed by atoms with van der Waals surface area (Å²) >= 11 is 0. The number of nitrogens with two attached hydrogens (primary N) is 2. The van der Waals surface area contributed by atoms with E-state index < -0.39 is 10.8 Å². The lowest BCUT2D eigenvalue weighted by Gasteiger charge is -2.13. The number of nitrogen functional groups attached to an aromatic ring is 2. The molecule has 118 valence electrons. The van der Waals surface area contributed by atoms with Crippen molar-refractivity contribution in [2.75, 3.05) is 11.5 Å². The van der Waals surface area contributed by atoms with E-state index in [0.29, 0.717) is 0 Å². The molecule has 0 amide bonds. The molecule has 0 aliphatic rings. The van der Waals surface area contributed by atoms with E-state index in [4.69, 9.17) is 11.5 Å². The van der Waals surface area contributed by atoms with Crippen molar-refractivity contribution in [3.8, 4) is 0 Å². The van der Waals surface area contributed by atoms with Crippen LogP contribution in [0.5, 0.6) is 0 Å². The Hall–Kier alpha value is -1.81. The Morgan fingerprint density at radius 3 is 1.50 bits per heavy atom. The van der Waals surface area contributed by atoms with E-state index in [0.717, 1.165) is 56.3 Å². The van der Waals surface area contributed by atoms with Gasteiger partial charge >= 0.3 is 0 Å². The number of aryl methyl sites for hydroxylation is 4. The van der Waals surface area contributed by atoms with Gasteiger partial charge in [-0.2, -0.15) is 0 Å². The summed E-state index contributed by atoms with van der Waals surface area (Å²) in [5.74, 6) is 0. The molecule has 0 heterocycles. The molecule has 2 aromatic carbocycles. The van der Waals surface area contributed by atoms with E-state index in [9.17, 15) is 4.21 Å². The Balaban J connectivity index is 2.53. The number of rotatable bonds is 4. The topological polar surface area (TPSA) is 69.1 Å². The van der Waals surface area contributed by atoms with Gasteiger partial charge in [-0.25, -0.2) is 4.21 Å². The average Bonchev–Trinajstić information content (AvgIpc) is 2.51. The van der Waals surface area contributed by atoms with Gasteiger partial charge in [-0.3, -0.25) is 0 Å². The molecule has 0 fully saturated rings. The highest BCUT2D eigenvalue weighted by atomic mass is 32.2. The lowest BCUT2D eigenvalue weighted by Crippen LogP contribution is -2.03. The molecule has 0 aliphatic heterocycles. The van der Waals surface area contributed by atoms with Crippen LogP contribution in [-0.2, 0) is 23.6 Å². The van der Waals surface area contributed by atoms with Gasteiger partial charge in [0.05, 0.1) is 10.8 Å². The average molecular weight is 316 g/mol. The number of benzene rings is 2. The van der Waals surface area contributed by atoms with Crippen molar-refractivity contribution in [1.29, 1.82) is 0 Å². The third kappa shape index (κ3) is 3.02. The monoisotopic (exact) mass is 316 g/mol. The number of hydrogen-bond acceptors (Lipinski definition) is 3. The van der Waals surface area contributed by atoms with Crippen molar-refractivity contribution in [3.05, 3.63) is 46.5 Å². The Morgan fingerprint density at radius 1 is 0.818 bits per heavy atom. The summed E-state index contributed by atoms with van der Waals surface area (Å²) in [6.07, 6.45) is 1.66. The van der Waals surface area contributed by atoms with Crippen LogP contribution in [0.25, 0.3) is 0 Å². The van der Waals surface area contributed by atoms with Crippen LogP contribution < -0.4 is 11.5 Å². The van der Waals surface area contributed by atoms with Crippen LogP contribution in [0.4, 0.5) is 11.4 Å². The molecule has 0 aromatic heterocycles.